The summed E-state index contributed by atoms with van der Waals surface area (Å²) in [6.45, 7) is 2.42. The van der Waals surface area contributed by atoms with Gasteiger partial charge in [0.15, 0.2) is 5.78 Å². The highest BCUT2D eigenvalue weighted by Gasteiger charge is 2.34. The number of rotatable bonds is 3. The van der Waals surface area contributed by atoms with Crippen LogP contribution in [-0.2, 0) is 0 Å². The van der Waals surface area contributed by atoms with E-state index in [9.17, 15) is 9.18 Å². The molecule has 0 N–H and O–H groups in total. The lowest BCUT2D eigenvalue weighted by atomic mass is 9.95. The van der Waals surface area contributed by atoms with Crippen molar-refractivity contribution in [2.45, 2.75) is 51.5 Å². The number of anilines is 1. The second-order valence-electron chi connectivity index (χ2n) is 6.17. The summed E-state index contributed by atoms with van der Waals surface area (Å²) in [6, 6.07) is 5.43. The second kappa shape index (κ2) is 5.55. The van der Waals surface area contributed by atoms with E-state index >= 15 is 0 Å². The molecule has 1 aromatic carbocycles. The standard InChI is InChI=1S/C17H22FNO/c1-12(20)14-8-9-17(15(18)11-14)19-10-4-7-16(19)13-5-2-3-6-13/h8-9,11,13,16H,2-7,10H2,1H3. The van der Waals surface area contributed by atoms with Crippen molar-refractivity contribution in [2.24, 2.45) is 5.92 Å². The van der Waals surface area contributed by atoms with Gasteiger partial charge < -0.3 is 4.90 Å². The van der Waals surface area contributed by atoms with Gasteiger partial charge in [-0.05, 0) is 56.7 Å². The van der Waals surface area contributed by atoms with Crippen molar-refractivity contribution in [2.75, 3.05) is 11.4 Å². The molecule has 1 unspecified atom stereocenters. The Hall–Kier alpha value is -1.38. The van der Waals surface area contributed by atoms with Crippen LogP contribution in [0.15, 0.2) is 18.2 Å². The summed E-state index contributed by atoms with van der Waals surface area (Å²) in [6.07, 6.45) is 7.54. The van der Waals surface area contributed by atoms with E-state index in [1.54, 1.807) is 12.1 Å². The summed E-state index contributed by atoms with van der Waals surface area (Å²) in [7, 11) is 0. The zero-order chi connectivity index (χ0) is 14.1. The summed E-state index contributed by atoms with van der Waals surface area (Å²) in [5, 5.41) is 0. The van der Waals surface area contributed by atoms with Crippen LogP contribution in [0, 0.1) is 11.7 Å². The zero-order valence-electron chi connectivity index (χ0n) is 12.1. The van der Waals surface area contributed by atoms with Crippen molar-refractivity contribution in [3.63, 3.8) is 0 Å². The highest BCUT2D eigenvalue weighted by Crippen LogP contribution is 2.38. The molecule has 1 heterocycles. The van der Waals surface area contributed by atoms with E-state index < -0.39 is 0 Å². The molecule has 1 aliphatic heterocycles. The van der Waals surface area contributed by atoms with Gasteiger partial charge in [-0.2, -0.15) is 0 Å². The Labute approximate surface area is 120 Å². The number of benzene rings is 1. The third-order valence-electron chi connectivity index (χ3n) is 4.91. The predicted molar refractivity (Wildman–Crippen MR) is 78.7 cm³/mol. The molecule has 2 aliphatic rings. The van der Waals surface area contributed by atoms with Gasteiger partial charge in [0.1, 0.15) is 5.82 Å². The summed E-state index contributed by atoms with van der Waals surface area (Å²) in [4.78, 5) is 13.6. The Morgan fingerprint density at radius 1 is 1.20 bits per heavy atom. The maximum absolute atomic E-state index is 14.3. The minimum absolute atomic E-state index is 0.0794. The first-order valence-electron chi connectivity index (χ1n) is 7.74. The maximum atomic E-state index is 14.3. The van der Waals surface area contributed by atoms with Crippen molar-refractivity contribution in [1.29, 1.82) is 0 Å². The van der Waals surface area contributed by atoms with E-state index in [1.807, 2.05) is 0 Å². The smallest absolute Gasteiger partial charge is 0.159 e. The molecule has 108 valence electrons. The van der Waals surface area contributed by atoms with E-state index in [0.717, 1.165) is 18.9 Å². The molecule has 1 atom stereocenters. The van der Waals surface area contributed by atoms with Gasteiger partial charge in [-0.25, -0.2) is 4.39 Å². The third-order valence-corrected chi connectivity index (χ3v) is 4.91. The first-order valence-corrected chi connectivity index (χ1v) is 7.74. The fraction of sp³-hybridized carbons (Fsp3) is 0.588. The van der Waals surface area contributed by atoms with Crippen LogP contribution in [0.4, 0.5) is 10.1 Å². The lowest BCUT2D eigenvalue weighted by molar-refractivity contribution is 0.101. The number of halogens is 1. The molecule has 2 fully saturated rings. The topological polar surface area (TPSA) is 20.3 Å². The largest absolute Gasteiger partial charge is 0.366 e. The first-order chi connectivity index (χ1) is 9.66. The minimum atomic E-state index is -0.248. The van der Waals surface area contributed by atoms with Crippen molar-refractivity contribution in [3.8, 4) is 0 Å². The number of ketones is 1. The number of Topliss-reactive ketones (excluding diaryl/α,β-unsaturated/α-hetero) is 1. The molecular weight excluding hydrogens is 253 g/mol. The monoisotopic (exact) mass is 275 g/mol. The molecule has 1 saturated carbocycles. The van der Waals surface area contributed by atoms with Crippen LogP contribution in [0.5, 0.6) is 0 Å². The van der Waals surface area contributed by atoms with E-state index in [-0.39, 0.29) is 11.6 Å². The van der Waals surface area contributed by atoms with Crippen molar-refractivity contribution >= 4 is 11.5 Å². The Morgan fingerprint density at radius 3 is 2.60 bits per heavy atom. The summed E-state index contributed by atoms with van der Waals surface area (Å²) in [5.41, 5.74) is 1.15. The van der Waals surface area contributed by atoms with Crippen LogP contribution in [-0.4, -0.2) is 18.4 Å². The quantitative estimate of drug-likeness (QED) is 0.771. The van der Waals surface area contributed by atoms with E-state index in [2.05, 4.69) is 4.90 Å². The van der Waals surface area contributed by atoms with Gasteiger partial charge in [-0.1, -0.05) is 12.8 Å². The first kappa shape index (κ1) is 13.6. The lowest BCUT2D eigenvalue weighted by Crippen LogP contribution is -2.35. The lowest BCUT2D eigenvalue weighted by Gasteiger charge is -2.31. The number of hydrogen-bond acceptors (Lipinski definition) is 2. The van der Waals surface area contributed by atoms with Crippen LogP contribution >= 0.6 is 0 Å². The molecule has 3 rings (SSSR count). The molecular formula is C17H22FNO. The number of hydrogen-bond donors (Lipinski definition) is 0. The Morgan fingerprint density at radius 2 is 1.95 bits per heavy atom. The van der Waals surface area contributed by atoms with Crippen LogP contribution in [0.25, 0.3) is 0 Å². The van der Waals surface area contributed by atoms with E-state index in [1.165, 1.54) is 45.1 Å². The van der Waals surface area contributed by atoms with Crippen LogP contribution in [0.2, 0.25) is 0 Å². The highest BCUT2D eigenvalue weighted by molar-refractivity contribution is 5.94. The summed E-state index contributed by atoms with van der Waals surface area (Å²) in [5.74, 6) is 0.399. The molecule has 3 heteroatoms. The molecule has 0 radical (unpaired) electrons. The number of carbonyl (C=O) groups excluding carboxylic acids is 1. The third kappa shape index (κ3) is 2.46. The normalized spacial score (nSPS) is 23.5. The Kier molecular flexibility index (Phi) is 3.77. The average molecular weight is 275 g/mol. The molecule has 1 saturated heterocycles. The summed E-state index contributed by atoms with van der Waals surface area (Å²) >= 11 is 0. The van der Waals surface area contributed by atoms with Gasteiger partial charge in [-0.3, -0.25) is 4.79 Å². The molecule has 0 aromatic heterocycles. The van der Waals surface area contributed by atoms with Gasteiger partial charge in [0.05, 0.1) is 5.69 Å². The van der Waals surface area contributed by atoms with Gasteiger partial charge in [-0.15, -0.1) is 0 Å². The van der Waals surface area contributed by atoms with Crippen molar-refractivity contribution in [1.82, 2.24) is 0 Å². The molecule has 1 aromatic rings. The zero-order valence-corrected chi connectivity index (χ0v) is 12.1. The van der Waals surface area contributed by atoms with E-state index in [4.69, 9.17) is 0 Å². The maximum Gasteiger partial charge on any atom is 0.159 e. The number of carbonyl (C=O) groups is 1. The Balaban J connectivity index is 1.85. The molecule has 0 bridgehead atoms. The van der Waals surface area contributed by atoms with Crippen molar-refractivity contribution < 1.29 is 9.18 Å². The fourth-order valence-corrected chi connectivity index (χ4v) is 3.88. The van der Waals surface area contributed by atoms with E-state index in [0.29, 0.717) is 17.3 Å². The van der Waals surface area contributed by atoms with Crippen LogP contribution < -0.4 is 4.90 Å². The second-order valence-corrected chi connectivity index (χ2v) is 6.17. The van der Waals surface area contributed by atoms with Crippen LogP contribution in [0.3, 0.4) is 0 Å². The van der Waals surface area contributed by atoms with Crippen LogP contribution in [0.1, 0.15) is 55.8 Å². The predicted octanol–water partition coefficient (Wildman–Crippen LogP) is 4.19. The van der Waals surface area contributed by atoms with Crippen molar-refractivity contribution in [3.05, 3.63) is 29.6 Å². The molecule has 2 nitrogen and oxygen atoms in total. The average Bonchev–Trinajstić information content (AvgIpc) is 3.09. The van der Waals surface area contributed by atoms with Gasteiger partial charge in [0, 0.05) is 18.2 Å². The molecule has 1 aliphatic carbocycles. The fourth-order valence-electron chi connectivity index (χ4n) is 3.88. The number of nitrogens with zero attached hydrogens (tertiary/aromatic N) is 1. The van der Waals surface area contributed by atoms with Gasteiger partial charge in [0.2, 0.25) is 0 Å². The highest BCUT2D eigenvalue weighted by atomic mass is 19.1. The minimum Gasteiger partial charge on any atom is -0.366 e. The van der Waals surface area contributed by atoms with Gasteiger partial charge in [0.25, 0.3) is 0 Å². The molecule has 20 heavy (non-hydrogen) atoms. The SMILES string of the molecule is CC(=O)c1ccc(N2CCCC2C2CCCC2)c(F)c1. The summed E-state index contributed by atoms with van der Waals surface area (Å²) < 4.78 is 14.3. The Bertz CT molecular complexity index is 508. The molecule has 0 spiro atoms. The van der Waals surface area contributed by atoms with Gasteiger partial charge >= 0.3 is 0 Å². The molecule has 0 amide bonds.